The zero-order valence-electron chi connectivity index (χ0n) is 14.4. The Balaban J connectivity index is 1.53. The Labute approximate surface area is 135 Å². The van der Waals surface area contributed by atoms with Crippen LogP contribution in [0.5, 0.6) is 0 Å². The third-order valence-corrected chi connectivity index (χ3v) is 6.17. The van der Waals surface area contributed by atoms with Gasteiger partial charge in [0.1, 0.15) is 5.54 Å². The van der Waals surface area contributed by atoms with E-state index in [1.54, 1.807) is 0 Å². The summed E-state index contributed by atoms with van der Waals surface area (Å²) >= 11 is 0. The normalized spacial score (nSPS) is 29.8. The van der Waals surface area contributed by atoms with Crippen LogP contribution in [0.3, 0.4) is 0 Å². The van der Waals surface area contributed by atoms with Gasteiger partial charge >= 0.3 is 0 Å². The van der Waals surface area contributed by atoms with Crippen molar-refractivity contribution in [3.05, 3.63) is 0 Å². The third-order valence-electron chi connectivity index (χ3n) is 6.17. The summed E-state index contributed by atoms with van der Waals surface area (Å²) in [6, 6.07) is 0. The summed E-state index contributed by atoms with van der Waals surface area (Å²) in [6.45, 7) is 5.65. The highest BCUT2D eigenvalue weighted by Crippen LogP contribution is 2.33. The molecule has 0 aromatic rings. The molecule has 2 heterocycles. The topological polar surface area (TPSA) is 35.6 Å². The first-order chi connectivity index (χ1) is 10.6. The number of hydrogen-bond donors (Lipinski definition) is 1. The highest BCUT2D eigenvalue weighted by molar-refractivity contribution is 5.88. The third kappa shape index (κ3) is 3.18. The van der Waals surface area contributed by atoms with Gasteiger partial charge in [0.25, 0.3) is 0 Å². The Morgan fingerprint density at radius 2 is 1.91 bits per heavy atom. The molecule has 4 nitrogen and oxygen atoms in total. The number of carbonyl (C=O) groups excluding carboxylic acids is 1. The molecular weight excluding hydrogens is 274 g/mol. The summed E-state index contributed by atoms with van der Waals surface area (Å²) in [5.74, 6) is 1.26. The van der Waals surface area contributed by atoms with Gasteiger partial charge in [-0.1, -0.05) is 32.6 Å². The second-order valence-corrected chi connectivity index (χ2v) is 7.75. The minimum atomic E-state index is -0.251. The van der Waals surface area contributed by atoms with E-state index >= 15 is 0 Å². The molecule has 22 heavy (non-hydrogen) atoms. The van der Waals surface area contributed by atoms with Gasteiger partial charge in [0, 0.05) is 26.7 Å². The second kappa shape index (κ2) is 6.88. The first kappa shape index (κ1) is 16.3. The van der Waals surface area contributed by atoms with Crippen molar-refractivity contribution in [1.82, 2.24) is 15.1 Å². The van der Waals surface area contributed by atoms with Crippen LogP contribution in [-0.4, -0.2) is 54.1 Å². The average Bonchev–Trinajstić information content (AvgIpc) is 3.11. The Kier molecular flexibility index (Phi) is 5.08. The molecule has 0 radical (unpaired) electrons. The monoisotopic (exact) mass is 307 g/mol. The molecule has 1 saturated carbocycles. The van der Waals surface area contributed by atoms with Gasteiger partial charge in [0.05, 0.1) is 6.17 Å². The summed E-state index contributed by atoms with van der Waals surface area (Å²) in [6.07, 6.45) is 11.4. The molecule has 3 rings (SSSR count). The fourth-order valence-electron chi connectivity index (χ4n) is 4.65. The van der Waals surface area contributed by atoms with Gasteiger partial charge in [0.15, 0.2) is 0 Å². The number of nitrogens with one attached hydrogen (secondary N) is 1. The van der Waals surface area contributed by atoms with Crippen LogP contribution in [0, 0.1) is 5.92 Å². The van der Waals surface area contributed by atoms with Crippen LogP contribution in [0.4, 0.5) is 0 Å². The molecular formula is C18H33N3O. The van der Waals surface area contributed by atoms with Crippen LogP contribution in [-0.2, 0) is 4.79 Å². The van der Waals surface area contributed by atoms with E-state index in [4.69, 9.17) is 0 Å². The fraction of sp³-hybridized carbons (Fsp3) is 0.944. The maximum Gasteiger partial charge on any atom is 0.244 e. The fourth-order valence-corrected chi connectivity index (χ4v) is 4.65. The van der Waals surface area contributed by atoms with Crippen LogP contribution in [0.1, 0.15) is 64.7 Å². The van der Waals surface area contributed by atoms with Gasteiger partial charge in [-0.3, -0.25) is 10.1 Å². The summed E-state index contributed by atoms with van der Waals surface area (Å²) in [7, 11) is 1.98. The Hall–Kier alpha value is -0.610. The SMILES string of the molecule is CCCCC1NC2(CCN(CC3CCCC3)CC2)C(=O)N1C. The van der Waals surface area contributed by atoms with E-state index in [9.17, 15) is 4.79 Å². The first-order valence-electron chi connectivity index (χ1n) is 9.42. The summed E-state index contributed by atoms with van der Waals surface area (Å²) < 4.78 is 0. The molecule has 2 saturated heterocycles. The quantitative estimate of drug-likeness (QED) is 0.848. The molecule has 1 amide bonds. The van der Waals surface area contributed by atoms with Crippen molar-refractivity contribution in [3.8, 4) is 0 Å². The van der Waals surface area contributed by atoms with E-state index in [0.717, 1.165) is 38.3 Å². The Morgan fingerprint density at radius 1 is 1.23 bits per heavy atom. The van der Waals surface area contributed by atoms with E-state index in [0.29, 0.717) is 5.91 Å². The van der Waals surface area contributed by atoms with Gasteiger partial charge in [-0.05, 0) is 38.0 Å². The van der Waals surface area contributed by atoms with Crippen molar-refractivity contribution in [3.63, 3.8) is 0 Å². The van der Waals surface area contributed by atoms with Gasteiger partial charge in [-0.25, -0.2) is 0 Å². The highest BCUT2D eigenvalue weighted by atomic mass is 16.2. The van der Waals surface area contributed by atoms with Gasteiger partial charge < -0.3 is 9.80 Å². The predicted octanol–water partition coefficient (Wildman–Crippen LogP) is 2.59. The van der Waals surface area contributed by atoms with E-state index in [1.807, 2.05) is 11.9 Å². The standard InChI is InChI=1S/C18H33N3O/c1-3-4-9-16-19-18(17(22)20(16)2)10-12-21(13-11-18)14-15-7-5-6-8-15/h15-16,19H,3-14H2,1-2H3. The maximum absolute atomic E-state index is 12.8. The van der Waals surface area contributed by atoms with Crippen molar-refractivity contribution in [2.75, 3.05) is 26.7 Å². The first-order valence-corrected chi connectivity index (χ1v) is 9.42. The maximum atomic E-state index is 12.8. The summed E-state index contributed by atoms with van der Waals surface area (Å²) in [5.41, 5.74) is -0.251. The van der Waals surface area contributed by atoms with E-state index in [-0.39, 0.29) is 11.7 Å². The van der Waals surface area contributed by atoms with Crippen molar-refractivity contribution in [1.29, 1.82) is 0 Å². The molecule has 0 aromatic heterocycles. The number of amides is 1. The van der Waals surface area contributed by atoms with Gasteiger partial charge in [-0.15, -0.1) is 0 Å². The molecule has 0 aromatic carbocycles. The highest BCUT2D eigenvalue weighted by Gasteiger charge is 2.50. The lowest BCUT2D eigenvalue weighted by Gasteiger charge is -2.38. The predicted molar refractivity (Wildman–Crippen MR) is 89.6 cm³/mol. The zero-order chi connectivity index (χ0) is 15.6. The van der Waals surface area contributed by atoms with Crippen LogP contribution in [0.25, 0.3) is 0 Å². The molecule has 2 aliphatic heterocycles. The number of likely N-dealkylation sites (tertiary alicyclic amines) is 1. The van der Waals surface area contributed by atoms with E-state index < -0.39 is 0 Å². The molecule has 0 bridgehead atoms. The van der Waals surface area contributed by atoms with Crippen LogP contribution in [0.2, 0.25) is 0 Å². The van der Waals surface area contributed by atoms with Crippen LogP contribution < -0.4 is 5.32 Å². The molecule has 126 valence electrons. The number of nitrogens with zero attached hydrogens (tertiary/aromatic N) is 2. The molecule has 1 atom stereocenters. The lowest BCUT2D eigenvalue weighted by Crippen LogP contribution is -2.55. The lowest BCUT2D eigenvalue weighted by molar-refractivity contribution is -0.133. The van der Waals surface area contributed by atoms with Crippen LogP contribution >= 0.6 is 0 Å². The van der Waals surface area contributed by atoms with Crippen LogP contribution in [0.15, 0.2) is 0 Å². The zero-order valence-corrected chi connectivity index (χ0v) is 14.4. The molecule has 1 unspecified atom stereocenters. The number of unbranched alkanes of at least 4 members (excludes halogenated alkanes) is 1. The van der Waals surface area contributed by atoms with Crippen molar-refractivity contribution < 1.29 is 4.79 Å². The number of likely N-dealkylation sites (N-methyl/N-ethyl adjacent to an activating group) is 1. The smallest absolute Gasteiger partial charge is 0.244 e. The van der Waals surface area contributed by atoms with Gasteiger partial charge in [0.2, 0.25) is 5.91 Å². The number of rotatable bonds is 5. The minimum Gasteiger partial charge on any atom is -0.329 e. The number of carbonyl (C=O) groups is 1. The molecule has 3 aliphatic rings. The Bertz CT molecular complexity index is 384. The van der Waals surface area contributed by atoms with Gasteiger partial charge in [-0.2, -0.15) is 0 Å². The Morgan fingerprint density at radius 3 is 2.55 bits per heavy atom. The molecule has 3 fully saturated rings. The molecule has 1 aliphatic carbocycles. The lowest BCUT2D eigenvalue weighted by atomic mass is 9.87. The largest absolute Gasteiger partial charge is 0.329 e. The van der Waals surface area contributed by atoms with E-state index in [1.165, 1.54) is 45.1 Å². The second-order valence-electron chi connectivity index (χ2n) is 7.75. The molecule has 1 N–H and O–H groups in total. The summed E-state index contributed by atoms with van der Waals surface area (Å²) in [4.78, 5) is 17.3. The minimum absolute atomic E-state index is 0.251. The number of hydrogen-bond acceptors (Lipinski definition) is 3. The van der Waals surface area contributed by atoms with E-state index in [2.05, 4.69) is 17.1 Å². The average molecular weight is 307 g/mol. The number of piperidine rings is 1. The van der Waals surface area contributed by atoms with Crippen molar-refractivity contribution >= 4 is 5.91 Å². The molecule has 1 spiro atoms. The summed E-state index contributed by atoms with van der Waals surface area (Å²) in [5, 5.41) is 3.70. The van der Waals surface area contributed by atoms with Crippen molar-refractivity contribution in [2.45, 2.75) is 76.4 Å². The van der Waals surface area contributed by atoms with Crippen molar-refractivity contribution in [2.24, 2.45) is 5.92 Å². The molecule has 4 heteroatoms.